The van der Waals surface area contributed by atoms with Gasteiger partial charge in [0.2, 0.25) is 0 Å². The van der Waals surface area contributed by atoms with Crippen molar-refractivity contribution in [3.05, 3.63) is 65.0 Å². The topological polar surface area (TPSA) is 80.1 Å². The van der Waals surface area contributed by atoms with Crippen LogP contribution in [0.5, 0.6) is 11.5 Å². The van der Waals surface area contributed by atoms with Crippen molar-refractivity contribution < 1.29 is 18.8 Å². The van der Waals surface area contributed by atoms with E-state index in [9.17, 15) is 4.79 Å². The summed E-state index contributed by atoms with van der Waals surface area (Å²) in [6.45, 7) is 9.50. The van der Waals surface area contributed by atoms with Crippen LogP contribution in [0.3, 0.4) is 0 Å². The number of piperazine rings is 1. The van der Waals surface area contributed by atoms with E-state index in [2.05, 4.69) is 26.3 Å². The van der Waals surface area contributed by atoms with E-state index in [1.54, 1.807) is 25.3 Å². The van der Waals surface area contributed by atoms with Gasteiger partial charge < -0.3 is 24.2 Å². The lowest BCUT2D eigenvalue weighted by molar-refractivity contribution is 0.102. The lowest BCUT2D eigenvalue weighted by Gasteiger charge is -2.36. The molecule has 2 aromatic carbocycles. The van der Waals surface area contributed by atoms with Crippen LogP contribution in [0.1, 0.15) is 40.2 Å². The maximum atomic E-state index is 13.0. The molecule has 0 spiro atoms. The van der Waals surface area contributed by atoms with Crippen molar-refractivity contribution in [2.24, 2.45) is 5.92 Å². The Morgan fingerprint density at radius 3 is 2.58 bits per heavy atom. The van der Waals surface area contributed by atoms with Crippen molar-refractivity contribution in [3.63, 3.8) is 0 Å². The van der Waals surface area contributed by atoms with Gasteiger partial charge in [-0.3, -0.25) is 9.69 Å². The minimum Gasteiger partial charge on any atom is -0.493 e. The first kappa shape index (κ1) is 24.2. The van der Waals surface area contributed by atoms with E-state index in [-0.39, 0.29) is 5.91 Å². The van der Waals surface area contributed by atoms with Crippen LogP contribution in [0.4, 0.5) is 11.4 Å². The Kier molecular flexibility index (Phi) is 7.13. The number of methoxy groups -OCH3 is 1. The van der Waals surface area contributed by atoms with Crippen LogP contribution in [0.25, 0.3) is 0 Å². The van der Waals surface area contributed by atoms with Crippen molar-refractivity contribution in [2.45, 2.75) is 33.3 Å². The third kappa shape index (κ3) is 5.65. The lowest BCUT2D eigenvalue weighted by Crippen LogP contribution is -2.47. The normalized spacial score (nSPS) is 16.1. The molecule has 1 aliphatic heterocycles. The summed E-state index contributed by atoms with van der Waals surface area (Å²) in [5.41, 5.74) is 4.11. The molecule has 1 amide bonds. The average Bonchev–Trinajstić information content (AvgIpc) is 3.66. The van der Waals surface area contributed by atoms with Crippen LogP contribution >= 0.6 is 0 Å². The highest BCUT2D eigenvalue weighted by molar-refractivity contribution is 6.04. The van der Waals surface area contributed by atoms with Crippen LogP contribution < -0.4 is 19.7 Å². The molecule has 2 fully saturated rings. The number of anilines is 2. The molecule has 3 aromatic rings. The van der Waals surface area contributed by atoms with Crippen LogP contribution in [-0.2, 0) is 6.61 Å². The van der Waals surface area contributed by atoms with Gasteiger partial charge in [0.15, 0.2) is 11.5 Å². The molecule has 8 heteroatoms. The number of benzene rings is 2. The SMILES string of the molecule is COc1cc(C(=O)Nc2cccc(N3CCN(CC4CC4)CC3)c2)ccc1OCc1c(C)noc1C. The Labute approximate surface area is 212 Å². The summed E-state index contributed by atoms with van der Waals surface area (Å²) < 4.78 is 16.6. The zero-order chi connectivity index (χ0) is 25.1. The molecule has 1 N–H and O–H groups in total. The number of hydrogen-bond acceptors (Lipinski definition) is 7. The molecule has 1 saturated heterocycles. The summed E-state index contributed by atoms with van der Waals surface area (Å²) in [5.74, 6) is 2.50. The number of aromatic nitrogens is 1. The van der Waals surface area contributed by atoms with Gasteiger partial charge in [-0.2, -0.15) is 0 Å². The quantitative estimate of drug-likeness (QED) is 0.467. The van der Waals surface area contributed by atoms with Crippen LogP contribution in [0, 0.1) is 19.8 Å². The van der Waals surface area contributed by atoms with Crippen LogP contribution in [0.15, 0.2) is 47.0 Å². The fourth-order valence-electron chi connectivity index (χ4n) is 4.62. The van der Waals surface area contributed by atoms with Crippen molar-refractivity contribution in [3.8, 4) is 11.5 Å². The fourth-order valence-corrected chi connectivity index (χ4v) is 4.62. The smallest absolute Gasteiger partial charge is 0.255 e. The Bertz CT molecular complexity index is 1190. The van der Waals surface area contributed by atoms with Gasteiger partial charge in [-0.25, -0.2) is 0 Å². The van der Waals surface area contributed by atoms with Gasteiger partial charge in [0.25, 0.3) is 5.91 Å². The summed E-state index contributed by atoms with van der Waals surface area (Å²) in [6.07, 6.45) is 2.79. The van der Waals surface area contributed by atoms with E-state index in [0.717, 1.165) is 60.5 Å². The molecule has 1 aromatic heterocycles. The maximum Gasteiger partial charge on any atom is 0.255 e. The number of hydrogen-bond donors (Lipinski definition) is 1. The molecule has 1 saturated carbocycles. The van der Waals surface area contributed by atoms with E-state index in [1.807, 2.05) is 32.0 Å². The van der Waals surface area contributed by atoms with Crippen molar-refractivity contribution >= 4 is 17.3 Å². The predicted octanol–water partition coefficient (Wildman–Crippen LogP) is 4.66. The number of aryl methyl sites for hydroxylation is 2. The molecule has 0 bridgehead atoms. The van der Waals surface area contributed by atoms with Gasteiger partial charge in [0.1, 0.15) is 12.4 Å². The first-order chi connectivity index (χ1) is 17.5. The molecule has 2 aliphatic rings. The molecule has 0 atom stereocenters. The van der Waals surface area contributed by atoms with E-state index in [1.165, 1.54) is 19.4 Å². The second-order valence-electron chi connectivity index (χ2n) is 9.69. The van der Waals surface area contributed by atoms with Crippen molar-refractivity contribution in [1.82, 2.24) is 10.1 Å². The maximum absolute atomic E-state index is 13.0. The molecule has 1 aliphatic carbocycles. The summed E-state index contributed by atoms with van der Waals surface area (Å²) in [6, 6.07) is 13.3. The Balaban J connectivity index is 1.21. The minimum atomic E-state index is -0.197. The molecule has 2 heterocycles. The first-order valence-electron chi connectivity index (χ1n) is 12.6. The van der Waals surface area contributed by atoms with Gasteiger partial charge in [0, 0.05) is 49.7 Å². The molecule has 5 rings (SSSR count). The number of carbonyl (C=O) groups is 1. The summed E-state index contributed by atoms with van der Waals surface area (Å²) in [5, 5.41) is 6.98. The molecule has 36 heavy (non-hydrogen) atoms. The van der Waals surface area contributed by atoms with Gasteiger partial charge in [0.05, 0.1) is 18.4 Å². The Hall–Kier alpha value is -3.52. The van der Waals surface area contributed by atoms with Crippen LogP contribution in [0.2, 0.25) is 0 Å². The number of amides is 1. The van der Waals surface area contributed by atoms with Gasteiger partial charge >= 0.3 is 0 Å². The molecule has 0 radical (unpaired) electrons. The molecule has 0 unspecified atom stereocenters. The summed E-state index contributed by atoms with van der Waals surface area (Å²) in [4.78, 5) is 18.0. The highest BCUT2D eigenvalue weighted by Crippen LogP contribution is 2.31. The highest BCUT2D eigenvalue weighted by Gasteiger charge is 2.26. The van der Waals surface area contributed by atoms with Crippen molar-refractivity contribution in [2.75, 3.05) is 50.1 Å². The minimum absolute atomic E-state index is 0.197. The van der Waals surface area contributed by atoms with Crippen LogP contribution in [-0.4, -0.2) is 55.8 Å². The number of carbonyl (C=O) groups excluding carboxylic acids is 1. The summed E-state index contributed by atoms with van der Waals surface area (Å²) in [7, 11) is 1.56. The number of nitrogens with one attached hydrogen (secondary N) is 1. The van der Waals surface area contributed by atoms with Gasteiger partial charge in [-0.15, -0.1) is 0 Å². The van der Waals surface area contributed by atoms with Gasteiger partial charge in [-0.1, -0.05) is 11.2 Å². The van der Waals surface area contributed by atoms with E-state index < -0.39 is 0 Å². The molecule has 8 nitrogen and oxygen atoms in total. The second-order valence-corrected chi connectivity index (χ2v) is 9.69. The summed E-state index contributed by atoms with van der Waals surface area (Å²) >= 11 is 0. The fraction of sp³-hybridized carbons (Fsp3) is 0.429. The number of ether oxygens (including phenoxy) is 2. The third-order valence-corrected chi connectivity index (χ3v) is 7.03. The predicted molar refractivity (Wildman–Crippen MR) is 139 cm³/mol. The standard InChI is InChI=1S/C28H34N4O4/c1-19-25(20(2)36-30-19)18-35-26-10-9-22(15-27(26)34-3)28(33)29-23-5-4-6-24(16-23)32-13-11-31(12-14-32)17-21-7-8-21/h4-6,9-10,15-16,21H,7-8,11-14,17-18H2,1-3H3,(H,29,33). The molecule has 190 valence electrons. The Morgan fingerprint density at radius 2 is 1.89 bits per heavy atom. The highest BCUT2D eigenvalue weighted by atomic mass is 16.5. The second kappa shape index (κ2) is 10.6. The largest absolute Gasteiger partial charge is 0.493 e. The Morgan fingerprint density at radius 1 is 1.08 bits per heavy atom. The first-order valence-corrected chi connectivity index (χ1v) is 12.6. The lowest BCUT2D eigenvalue weighted by atomic mass is 10.1. The average molecular weight is 491 g/mol. The van der Waals surface area contributed by atoms with E-state index in [0.29, 0.717) is 23.7 Å². The van der Waals surface area contributed by atoms with E-state index in [4.69, 9.17) is 14.0 Å². The number of rotatable bonds is 9. The monoisotopic (exact) mass is 490 g/mol. The zero-order valence-electron chi connectivity index (χ0n) is 21.3. The molecular formula is C28H34N4O4. The number of nitrogens with zero attached hydrogens (tertiary/aromatic N) is 3. The van der Waals surface area contributed by atoms with E-state index >= 15 is 0 Å². The zero-order valence-corrected chi connectivity index (χ0v) is 21.3. The van der Waals surface area contributed by atoms with Gasteiger partial charge in [-0.05, 0) is 69.0 Å². The van der Waals surface area contributed by atoms with Crippen molar-refractivity contribution in [1.29, 1.82) is 0 Å². The third-order valence-electron chi connectivity index (χ3n) is 7.03. The molecular weight excluding hydrogens is 456 g/mol.